The maximum Gasteiger partial charge on any atom is 0.344 e. The predicted molar refractivity (Wildman–Crippen MR) is 96.0 cm³/mol. The average molecular weight is 364 g/mol. The number of hydrogen-bond donors (Lipinski definition) is 1. The summed E-state index contributed by atoms with van der Waals surface area (Å²) >= 11 is 6.32. The van der Waals surface area contributed by atoms with E-state index in [9.17, 15) is 9.59 Å². The van der Waals surface area contributed by atoms with E-state index < -0.39 is 12.1 Å². The number of halogens is 1. The topological polar surface area (TPSA) is 73.2 Å². The van der Waals surface area contributed by atoms with Crippen molar-refractivity contribution in [2.24, 2.45) is 5.92 Å². The summed E-state index contributed by atoms with van der Waals surface area (Å²) in [5.41, 5.74) is 1.33. The Kier molecular flexibility index (Phi) is 6.20. The SMILES string of the molecule is Cc1nn(-c2ccccc2)c(Cl)c1C(=O)OC(C)C(=O)NCC(C)C. The molecule has 134 valence electrons. The van der Waals surface area contributed by atoms with E-state index in [0.29, 0.717) is 18.2 Å². The van der Waals surface area contributed by atoms with Gasteiger partial charge in [-0.2, -0.15) is 5.10 Å². The number of amides is 1. The van der Waals surface area contributed by atoms with Crippen molar-refractivity contribution in [2.75, 3.05) is 6.54 Å². The lowest BCUT2D eigenvalue weighted by atomic mass is 10.2. The first-order chi connectivity index (χ1) is 11.8. The smallest absolute Gasteiger partial charge is 0.344 e. The Morgan fingerprint density at radius 1 is 1.24 bits per heavy atom. The molecule has 7 heteroatoms. The molecule has 1 unspecified atom stereocenters. The van der Waals surface area contributed by atoms with Crippen molar-refractivity contribution in [3.8, 4) is 5.69 Å². The van der Waals surface area contributed by atoms with Crippen LogP contribution in [0.4, 0.5) is 0 Å². The number of aromatic nitrogens is 2. The van der Waals surface area contributed by atoms with Gasteiger partial charge in [0.1, 0.15) is 10.7 Å². The number of nitrogens with zero attached hydrogens (tertiary/aromatic N) is 2. The zero-order chi connectivity index (χ0) is 18.6. The van der Waals surface area contributed by atoms with Crippen molar-refractivity contribution >= 4 is 23.5 Å². The van der Waals surface area contributed by atoms with Crippen molar-refractivity contribution in [3.05, 3.63) is 46.7 Å². The maximum atomic E-state index is 12.4. The predicted octanol–water partition coefficient (Wildman–Crippen LogP) is 3.15. The van der Waals surface area contributed by atoms with Crippen LogP contribution in [0, 0.1) is 12.8 Å². The minimum absolute atomic E-state index is 0.156. The molecule has 1 atom stereocenters. The molecule has 1 heterocycles. The van der Waals surface area contributed by atoms with Gasteiger partial charge < -0.3 is 10.1 Å². The van der Waals surface area contributed by atoms with Crippen LogP contribution in [0.2, 0.25) is 5.15 Å². The Morgan fingerprint density at radius 3 is 2.48 bits per heavy atom. The first-order valence-corrected chi connectivity index (χ1v) is 8.48. The maximum absolute atomic E-state index is 12.4. The second-order valence-corrected chi connectivity index (χ2v) is 6.54. The second-order valence-electron chi connectivity index (χ2n) is 6.19. The molecule has 0 aliphatic carbocycles. The van der Waals surface area contributed by atoms with Gasteiger partial charge in [0, 0.05) is 6.54 Å². The van der Waals surface area contributed by atoms with Gasteiger partial charge in [0.05, 0.1) is 11.4 Å². The van der Waals surface area contributed by atoms with E-state index in [-0.39, 0.29) is 16.6 Å². The number of carbonyl (C=O) groups excluding carboxylic acids is 2. The van der Waals surface area contributed by atoms with E-state index in [4.69, 9.17) is 16.3 Å². The lowest BCUT2D eigenvalue weighted by molar-refractivity contribution is -0.129. The lowest BCUT2D eigenvalue weighted by Crippen LogP contribution is -2.37. The number of hydrogen-bond acceptors (Lipinski definition) is 4. The summed E-state index contributed by atoms with van der Waals surface area (Å²) in [5, 5.41) is 7.18. The van der Waals surface area contributed by atoms with Crippen LogP contribution >= 0.6 is 11.6 Å². The van der Waals surface area contributed by atoms with Crippen LogP contribution in [0.25, 0.3) is 5.69 Å². The third-order valence-corrected chi connectivity index (χ3v) is 3.90. The van der Waals surface area contributed by atoms with E-state index in [1.54, 1.807) is 6.92 Å². The molecule has 2 rings (SSSR count). The fourth-order valence-electron chi connectivity index (χ4n) is 2.19. The number of esters is 1. The third-order valence-electron chi connectivity index (χ3n) is 3.55. The summed E-state index contributed by atoms with van der Waals surface area (Å²) in [7, 11) is 0. The third kappa shape index (κ3) is 4.60. The molecular weight excluding hydrogens is 342 g/mol. The molecule has 2 aromatic rings. The summed E-state index contributed by atoms with van der Waals surface area (Å²) in [6.45, 7) is 7.69. The van der Waals surface area contributed by atoms with Gasteiger partial charge in [-0.1, -0.05) is 43.6 Å². The van der Waals surface area contributed by atoms with E-state index in [1.165, 1.54) is 11.6 Å². The molecule has 0 bridgehead atoms. The highest BCUT2D eigenvalue weighted by molar-refractivity contribution is 6.33. The van der Waals surface area contributed by atoms with Crippen LogP contribution in [0.5, 0.6) is 0 Å². The molecule has 0 radical (unpaired) electrons. The minimum Gasteiger partial charge on any atom is -0.449 e. The van der Waals surface area contributed by atoms with Gasteiger partial charge >= 0.3 is 5.97 Å². The molecule has 1 N–H and O–H groups in total. The summed E-state index contributed by atoms with van der Waals surface area (Å²) in [6, 6.07) is 9.23. The van der Waals surface area contributed by atoms with Crippen LogP contribution in [0.1, 0.15) is 36.8 Å². The molecule has 0 aliphatic heterocycles. The van der Waals surface area contributed by atoms with Gasteiger partial charge in [-0.05, 0) is 31.9 Å². The van der Waals surface area contributed by atoms with E-state index >= 15 is 0 Å². The fraction of sp³-hybridized carbons (Fsp3) is 0.389. The van der Waals surface area contributed by atoms with Crippen LogP contribution in [0.3, 0.4) is 0 Å². The van der Waals surface area contributed by atoms with E-state index in [0.717, 1.165) is 5.69 Å². The Balaban J connectivity index is 2.15. The van der Waals surface area contributed by atoms with Crippen LogP contribution in [-0.4, -0.2) is 34.3 Å². The number of benzene rings is 1. The van der Waals surface area contributed by atoms with Crippen LogP contribution < -0.4 is 5.32 Å². The van der Waals surface area contributed by atoms with Gasteiger partial charge in [0.2, 0.25) is 0 Å². The molecule has 0 saturated carbocycles. The van der Waals surface area contributed by atoms with Crippen molar-refractivity contribution in [1.82, 2.24) is 15.1 Å². The largest absolute Gasteiger partial charge is 0.449 e. The Morgan fingerprint density at radius 2 is 1.88 bits per heavy atom. The van der Waals surface area contributed by atoms with Gasteiger partial charge in [0.25, 0.3) is 5.91 Å². The molecule has 0 aliphatic rings. The van der Waals surface area contributed by atoms with Crippen molar-refractivity contribution < 1.29 is 14.3 Å². The fourth-order valence-corrected chi connectivity index (χ4v) is 2.54. The minimum atomic E-state index is -0.915. The number of nitrogens with one attached hydrogen (secondary N) is 1. The Hall–Kier alpha value is -2.34. The quantitative estimate of drug-likeness (QED) is 0.800. The number of aryl methyl sites for hydroxylation is 1. The second kappa shape index (κ2) is 8.16. The molecule has 0 spiro atoms. The average Bonchev–Trinajstić information content (AvgIpc) is 2.87. The van der Waals surface area contributed by atoms with Crippen LogP contribution in [-0.2, 0) is 9.53 Å². The highest BCUT2D eigenvalue weighted by atomic mass is 35.5. The molecule has 25 heavy (non-hydrogen) atoms. The summed E-state index contributed by atoms with van der Waals surface area (Å²) < 4.78 is 6.72. The van der Waals surface area contributed by atoms with E-state index in [2.05, 4.69) is 10.4 Å². The van der Waals surface area contributed by atoms with Crippen molar-refractivity contribution in [3.63, 3.8) is 0 Å². The zero-order valence-electron chi connectivity index (χ0n) is 14.7. The zero-order valence-corrected chi connectivity index (χ0v) is 15.5. The summed E-state index contributed by atoms with van der Waals surface area (Å²) in [4.78, 5) is 24.4. The van der Waals surface area contributed by atoms with Gasteiger partial charge in [-0.25, -0.2) is 9.48 Å². The standard InChI is InChI=1S/C18H22ClN3O3/c1-11(2)10-20-17(23)13(4)25-18(24)15-12(3)21-22(16(15)19)14-8-6-5-7-9-14/h5-9,11,13H,10H2,1-4H3,(H,20,23). The van der Waals surface area contributed by atoms with Crippen molar-refractivity contribution in [1.29, 1.82) is 0 Å². The summed E-state index contributed by atoms with van der Waals surface area (Å²) in [5.74, 6) is -0.698. The normalized spacial score (nSPS) is 12.1. The van der Waals surface area contributed by atoms with Gasteiger partial charge in [0.15, 0.2) is 6.10 Å². The van der Waals surface area contributed by atoms with Crippen molar-refractivity contribution in [2.45, 2.75) is 33.8 Å². The Labute approximate surface area is 152 Å². The van der Waals surface area contributed by atoms with Gasteiger partial charge in [-0.15, -0.1) is 0 Å². The number of para-hydroxylation sites is 1. The highest BCUT2D eigenvalue weighted by Crippen LogP contribution is 2.24. The molecule has 0 saturated heterocycles. The highest BCUT2D eigenvalue weighted by Gasteiger charge is 2.26. The van der Waals surface area contributed by atoms with E-state index in [1.807, 2.05) is 44.2 Å². The molecular formula is C18H22ClN3O3. The van der Waals surface area contributed by atoms with Gasteiger partial charge in [-0.3, -0.25) is 4.79 Å². The molecule has 1 amide bonds. The lowest BCUT2D eigenvalue weighted by Gasteiger charge is -2.14. The molecule has 6 nitrogen and oxygen atoms in total. The molecule has 0 fully saturated rings. The number of ether oxygens (including phenoxy) is 1. The number of carbonyl (C=O) groups is 2. The first-order valence-electron chi connectivity index (χ1n) is 8.10. The van der Waals surface area contributed by atoms with Crippen LogP contribution in [0.15, 0.2) is 30.3 Å². The molecule has 1 aromatic carbocycles. The first kappa shape index (κ1) is 19.0. The monoisotopic (exact) mass is 363 g/mol. The summed E-state index contributed by atoms with van der Waals surface area (Å²) in [6.07, 6.45) is -0.915. The number of rotatable bonds is 6. The Bertz CT molecular complexity index is 756. The molecule has 1 aromatic heterocycles.